The highest BCUT2D eigenvalue weighted by Gasteiger charge is 2.52. The van der Waals surface area contributed by atoms with Gasteiger partial charge in [-0.1, -0.05) is 12.1 Å². The van der Waals surface area contributed by atoms with Crippen molar-refractivity contribution in [2.24, 2.45) is 0 Å². The van der Waals surface area contributed by atoms with Gasteiger partial charge in [0.05, 0.1) is 25.5 Å². The van der Waals surface area contributed by atoms with Crippen LogP contribution in [0.3, 0.4) is 0 Å². The molecule has 5 rings (SSSR count). The van der Waals surface area contributed by atoms with Gasteiger partial charge < -0.3 is 19.3 Å². The highest BCUT2D eigenvalue weighted by atomic mass is 16.5. The SMILES string of the molecule is COc1cc2c(cc1OC)CN(C(=O)CCN1C(=O)c3ccccc3N3C(=O)CCC13C)CC2. The topological polar surface area (TPSA) is 79.4 Å². The smallest absolute Gasteiger partial charge is 0.257 e. The van der Waals surface area contributed by atoms with Crippen LogP contribution in [0.15, 0.2) is 36.4 Å². The van der Waals surface area contributed by atoms with Crippen LogP contribution in [-0.2, 0) is 22.6 Å². The van der Waals surface area contributed by atoms with E-state index in [4.69, 9.17) is 9.47 Å². The lowest BCUT2D eigenvalue weighted by atomic mass is 9.97. The minimum atomic E-state index is -0.749. The van der Waals surface area contributed by atoms with E-state index in [1.807, 2.05) is 36.1 Å². The first kappa shape index (κ1) is 22.3. The molecular weight excluding hydrogens is 434 g/mol. The Kier molecular flexibility index (Phi) is 5.46. The number of hydrogen-bond acceptors (Lipinski definition) is 5. The van der Waals surface area contributed by atoms with Crippen LogP contribution < -0.4 is 14.4 Å². The van der Waals surface area contributed by atoms with Gasteiger partial charge in [-0.15, -0.1) is 0 Å². The van der Waals surface area contributed by atoms with Crippen LogP contribution in [0.4, 0.5) is 5.69 Å². The zero-order valence-electron chi connectivity index (χ0n) is 19.8. The lowest BCUT2D eigenvalue weighted by molar-refractivity contribution is -0.132. The molecule has 8 nitrogen and oxygen atoms in total. The van der Waals surface area contributed by atoms with Crippen molar-refractivity contribution in [3.8, 4) is 11.5 Å². The quantitative estimate of drug-likeness (QED) is 0.681. The number of hydrogen-bond donors (Lipinski definition) is 0. The zero-order chi connectivity index (χ0) is 24.0. The first-order chi connectivity index (χ1) is 16.4. The summed E-state index contributed by atoms with van der Waals surface area (Å²) in [4.78, 5) is 44.6. The normalized spacial score (nSPS) is 21.2. The standard InChI is InChI=1S/C26H29N3O5/c1-26-11-8-24(31)29(26)20-7-5-4-6-19(20)25(32)28(26)13-10-23(30)27-12-9-17-14-21(33-2)22(34-3)15-18(17)16-27/h4-7,14-15H,8-13,16H2,1-3H3. The number of ether oxygens (including phenoxy) is 2. The van der Waals surface area contributed by atoms with Gasteiger partial charge in [-0.05, 0) is 55.2 Å². The summed E-state index contributed by atoms with van der Waals surface area (Å²) in [6.07, 6.45) is 1.88. The van der Waals surface area contributed by atoms with E-state index >= 15 is 0 Å². The number of fused-ring (bicyclic) bond motifs is 4. The Morgan fingerprint density at radius 1 is 1.03 bits per heavy atom. The third-order valence-electron chi connectivity index (χ3n) is 7.37. The monoisotopic (exact) mass is 463 g/mol. The minimum Gasteiger partial charge on any atom is -0.493 e. The van der Waals surface area contributed by atoms with E-state index in [1.54, 1.807) is 36.2 Å². The van der Waals surface area contributed by atoms with Crippen molar-refractivity contribution >= 4 is 23.4 Å². The third kappa shape index (κ3) is 3.40. The number of nitrogens with zero attached hydrogens (tertiary/aromatic N) is 3. The van der Waals surface area contributed by atoms with E-state index in [0.29, 0.717) is 48.7 Å². The molecular formula is C26H29N3O5. The fraction of sp³-hybridized carbons (Fsp3) is 0.423. The summed E-state index contributed by atoms with van der Waals surface area (Å²) in [5, 5.41) is 0. The maximum Gasteiger partial charge on any atom is 0.257 e. The van der Waals surface area contributed by atoms with Gasteiger partial charge in [0.25, 0.3) is 5.91 Å². The molecule has 1 unspecified atom stereocenters. The predicted molar refractivity (Wildman–Crippen MR) is 126 cm³/mol. The Labute approximate surface area is 199 Å². The van der Waals surface area contributed by atoms with Gasteiger partial charge in [0.2, 0.25) is 11.8 Å². The van der Waals surface area contributed by atoms with Gasteiger partial charge in [0, 0.05) is 32.5 Å². The van der Waals surface area contributed by atoms with E-state index < -0.39 is 5.66 Å². The van der Waals surface area contributed by atoms with E-state index in [1.165, 1.54) is 0 Å². The molecule has 0 bridgehead atoms. The average molecular weight is 464 g/mol. The number of anilines is 1. The Hall–Kier alpha value is -3.55. The molecule has 3 heterocycles. The molecule has 1 saturated heterocycles. The average Bonchev–Trinajstić information content (AvgIpc) is 3.17. The van der Waals surface area contributed by atoms with Crippen LogP contribution in [0, 0.1) is 0 Å². The number of amides is 3. The van der Waals surface area contributed by atoms with Gasteiger partial charge >= 0.3 is 0 Å². The number of carbonyl (C=O) groups is 3. The molecule has 1 atom stereocenters. The molecule has 3 aliphatic rings. The predicted octanol–water partition coefficient (Wildman–Crippen LogP) is 2.98. The second-order valence-corrected chi connectivity index (χ2v) is 9.21. The molecule has 3 aliphatic heterocycles. The summed E-state index contributed by atoms with van der Waals surface area (Å²) in [7, 11) is 3.21. The summed E-state index contributed by atoms with van der Waals surface area (Å²) in [5.74, 6) is 1.21. The lowest BCUT2D eigenvalue weighted by Gasteiger charge is -2.48. The van der Waals surface area contributed by atoms with E-state index in [-0.39, 0.29) is 30.7 Å². The number of carbonyl (C=O) groups excluding carboxylic acids is 3. The van der Waals surface area contributed by atoms with Gasteiger partial charge in [-0.25, -0.2) is 0 Å². The first-order valence-corrected chi connectivity index (χ1v) is 11.6. The molecule has 3 amide bonds. The van der Waals surface area contributed by atoms with Crippen LogP contribution in [0.2, 0.25) is 0 Å². The van der Waals surface area contributed by atoms with Crippen LogP contribution in [0.5, 0.6) is 11.5 Å². The molecule has 2 aromatic rings. The second-order valence-electron chi connectivity index (χ2n) is 9.21. The Balaban J connectivity index is 1.33. The highest BCUT2D eigenvalue weighted by molar-refractivity contribution is 6.10. The molecule has 0 aromatic heterocycles. The summed E-state index contributed by atoms with van der Waals surface area (Å²) in [6.45, 7) is 3.29. The van der Waals surface area contributed by atoms with Crippen LogP contribution >= 0.6 is 0 Å². The Morgan fingerprint density at radius 2 is 1.74 bits per heavy atom. The fourth-order valence-corrected chi connectivity index (χ4v) is 5.50. The number of rotatable bonds is 5. The Morgan fingerprint density at radius 3 is 2.47 bits per heavy atom. The lowest BCUT2D eigenvalue weighted by Crippen LogP contribution is -2.62. The van der Waals surface area contributed by atoms with Crippen molar-refractivity contribution in [1.29, 1.82) is 0 Å². The van der Waals surface area contributed by atoms with Gasteiger partial charge in [0.1, 0.15) is 5.66 Å². The van der Waals surface area contributed by atoms with E-state index in [2.05, 4.69) is 0 Å². The molecule has 34 heavy (non-hydrogen) atoms. The van der Waals surface area contributed by atoms with Crippen molar-refractivity contribution in [1.82, 2.24) is 9.80 Å². The van der Waals surface area contributed by atoms with Crippen molar-refractivity contribution in [2.75, 3.05) is 32.2 Å². The van der Waals surface area contributed by atoms with Crippen LogP contribution in [0.1, 0.15) is 47.7 Å². The third-order valence-corrected chi connectivity index (χ3v) is 7.37. The molecule has 0 radical (unpaired) electrons. The minimum absolute atomic E-state index is 0.00781. The summed E-state index contributed by atoms with van der Waals surface area (Å²) in [6, 6.07) is 11.1. The summed E-state index contributed by atoms with van der Waals surface area (Å²) in [5.41, 5.74) is 2.62. The molecule has 0 saturated carbocycles. The maximum atomic E-state index is 13.4. The highest BCUT2D eigenvalue weighted by Crippen LogP contribution is 2.44. The molecule has 178 valence electrons. The number of benzene rings is 2. The molecule has 8 heteroatoms. The maximum absolute atomic E-state index is 13.4. The molecule has 0 aliphatic carbocycles. The van der Waals surface area contributed by atoms with Gasteiger partial charge in [-0.2, -0.15) is 0 Å². The molecule has 2 aromatic carbocycles. The first-order valence-electron chi connectivity index (χ1n) is 11.6. The largest absolute Gasteiger partial charge is 0.493 e. The van der Waals surface area contributed by atoms with Gasteiger partial charge in [-0.3, -0.25) is 19.3 Å². The zero-order valence-corrected chi connectivity index (χ0v) is 19.8. The van der Waals surface area contributed by atoms with E-state index in [9.17, 15) is 14.4 Å². The Bertz CT molecular complexity index is 1180. The van der Waals surface area contributed by atoms with E-state index in [0.717, 1.165) is 17.5 Å². The second kappa shape index (κ2) is 8.34. The van der Waals surface area contributed by atoms with Crippen molar-refractivity contribution in [2.45, 2.75) is 44.8 Å². The summed E-state index contributed by atoms with van der Waals surface area (Å²) < 4.78 is 10.8. The molecule has 0 spiro atoms. The van der Waals surface area contributed by atoms with Gasteiger partial charge in [0.15, 0.2) is 11.5 Å². The summed E-state index contributed by atoms with van der Waals surface area (Å²) >= 11 is 0. The van der Waals surface area contributed by atoms with Crippen molar-refractivity contribution in [3.05, 3.63) is 53.1 Å². The van der Waals surface area contributed by atoms with Crippen molar-refractivity contribution < 1.29 is 23.9 Å². The molecule has 1 fully saturated rings. The fourth-order valence-electron chi connectivity index (χ4n) is 5.50. The number of para-hydroxylation sites is 1. The van der Waals surface area contributed by atoms with Crippen molar-refractivity contribution in [3.63, 3.8) is 0 Å². The number of methoxy groups -OCH3 is 2. The van der Waals surface area contributed by atoms with Crippen LogP contribution in [0.25, 0.3) is 0 Å². The molecule has 0 N–H and O–H groups in total. The van der Waals surface area contributed by atoms with Crippen LogP contribution in [-0.4, -0.2) is 60.5 Å².